The number of aromatic nitrogens is 1. The summed E-state index contributed by atoms with van der Waals surface area (Å²) in [7, 11) is 0. The van der Waals surface area contributed by atoms with Gasteiger partial charge in [-0.3, -0.25) is 9.78 Å². The topological polar surface area (TPSA) is 57.2 Å². The van der Waals surface area contributed by atoms with Gasteiger partial charge < -0.3 is 9.73 Å². The van der Waals surface area contributed by atoms with Crippen molar-refractivity contribution in [2.75, 3.05) is 0 Å². The Balaban J connectivity index is 0.000000284. The van der Waals surface area contributed by atoms with Crippen molar-refractivity contribution in [1.29, 1.82) is 0 Å². The molecule has 0 atom stereocenters. The second-order valence-corrected chi connectivity index (χ2v) is 15.1. The number of carbonyl (C=O) groups is 1. The number of aryl methyl sites for hydroxylation is 3. The van der Waals surface area contributed by atoms with Crippen LogP contribution in [-0.4, -0.2) is 16.8 Å². The van der Waals surface area contributed by atoms with E-state index in [0.29, 0.717) is 12.0 Å². The Morgan fingerprint density at radius 3 is 2.41 bits per heavy atom. The first-order valence-electron chi connectivity index (χ1n) is 17.7. The van der Waals surface area contributed by atoms with Gasteiger partial charge >= 0.3 is 0 Å². The third-order valence-corrected chi connectivity index (χ3v) is 9.96. The van der Waals surface area contributed by atoms with Gasteiger partial charge in [-0.05, 0) is 97.7 Å². The quantitative estimate of drug-likeness (QED) is 0.127. The van der Waals surface area contributed by atoms with Gasteiger partial charge in [0.1, 0.15) is 11.3 Å². The standard InChI is InChI=1S/C33H32NO.C11H19NO.Ir/c1-18(2)13-22-11-12-28-25(17-22)31-32(35-28)24-10-8-9-23(30(24)33(31,6)7)26-16-21(5)29-20(4)14-19(3)15-27(29)34-26;1-9(8-10(2)13)12-11-6-4-3-5-7-11;/h8,10-12,14-18H,13H2,1-7H3;8,11H,3-7H2,1-2H3,(H,12,13);/q-1;;/p-1. The summed E-state index contributed by atoms with van der Waals surface area (Å²) in [5.74, 6) is 1.71. The zero-order valence-electron chi connectivity index (χ0n) is 30.6. The maximum absolute atomic E-state index is 10.8. The van der Waals surface area contributed by atoms with E-state index in [2.05, 4.69) is 102 Å². The van der Waals surface area contributed by atoms with Gasteiger partial charge in [-0.25, -0.2) is 0 Å². The van der Waals surface area contributed by atoms with Crippen molar-refractivity contribution in [3.63, 3.8) is 0 Å². The van der Waals surface area contributed by atoms with Crippen LogP contribution in [-0.2, 0) is 36.7 Å². The second kappa shape index (κ2) is 14.8. The van der Waals surface area contributed by atoms with Crippen molar-refractivity contribution in [2.24, 2.45) is 5.92 Å². The van der Waals surface area contributed by atoms with Gasteiger partial charge in [-0.15, -0.1) is 35.4 Å². The van der Waals surface area contributed by atoms with Gasteiger partial charge in [0.15, 0.2) is 5.78 Å². The number of ketones is 1. The predicted octanol–water partition coefficient (Wildman–Crippen LogP) is 12.1. The molecule has 2 aliphatic rings. The number of furan rings is 1. The van der Waals surface area contributed by atoms with Crippen molar-refractivity contribution >= 4 is 27.7 Å². The van der Waals surface area contributed by atoms with E-state index >= 15 is 0 Å². The minimum Gasteiger partial charge on any atom is -0.685 e. The van der Waals surface area contributed by atoms with E-state index in [1.807, 2.05) is 13.0 Å². The maximum Gasteiger partial charge on any atom is 0.151 e. The minimum absolute atomic E-state index is 0. The smallest absolute Gasteiger partial charge is 0.151 e. The molecule has 2 aromatic heterocycles. The fraction of sp³-hybridized carbons (Fsp3) is 0.409. The molecule has 0 spiro atoms. The van der Waals surface area contributed by atoms with Crippen LogP contribution in [0.15, 0.2) is 64.7 Å². The van der Waals surface area contributed by atoms with Crippen LogP contribution >= 0.6 is 0 Å². The summed E-state index contributed by atoms with van der Waals surface area (Å²) in [5, 5.41) is 7.00. The van der Waals surface area contributed by atoms with Gasteiger partial charge in [0.2, 0.25) is 0 Å². The molecular weight excluding hydrogens is 781 g/mol. The Morgan fingerprint density at radius 2 is 1.71 bits per heavy atom. The molecule has 259 valence electrons. The number of benzene rings is 3. The number of fused-ring (bicyclic) bond motifs is 6. The number of hydrogen-bond donors (Lipinski definition) is 0. The van der Waals surface area contributed by atoms with Gasteiger partial charge in [-0.2, -0.15) is 5.70 Å². The molecule has 1 saturated carbocycles. The molecule has 1 fully saturated rings. The van der Waals surface area contributed by atoms with Crippen LogP contribution < -0.4 is 0 Å². The third-order valence-electron chi connectivity index (χ3n) is 9.96. The molecule has 7 rings (SSSR count). The molecule has 5 aromatic rings. The van der Waals surface area contributed by atoms with Crippen LogP contribution in [0.25, 0.3) is 49.8 Å². The summed E-state index contributed by atoms with van der Waals surface area (Å²) in [5.41, 5.74) is 13.6. The summed E-state index contributed by atoms with van der Waals surface area (Å²) in [6.07, 6.45) is 9.02. The number of rotatable bonds is 6. The van der Waals surface area contributed by atoms with E-state index in [-0.39, 0.29) is 31.3 Å². The molecule has 49 heavy (non-hydrogen) atoms. The predicted molar refractivity (Wildman–Crippen MR) is 201 cm³/mol. The van der Waals surface area contributed by atoms with Crippen LogP contribution in [0.3, 0.4) is 0 Å². The Bertz CT molecular complexity index is 2040. The van der Waals surface area contributed by atoms with Gasteiger partial charge in [0, 0.05) is 36.4 Å². The number of hydrogen-bond acceptors (Lipinski definition) is 3. The van der Waals surface area contributed by atoms with Crippen LogP contribution in [0.5, 0.6) is 0 Å². The maximum atomic E-state index is 10.8. The van der Waals surface area contributed by atoms with E-state index in [1.54, 1.807) is 13.0 Å². The van der Waals surface area contributed by atoms with Crippen molar-refractivity contribution in [3.8, 4) is 22.6 Å². The van der Waals surface area contributed by atoms with Gasteiger partial charge in [-0.1, -0.05) is 90.5 Å². The third kappa shape index (κ3) is 7.49. The van der Waals surface area contributed by atoms with Gasteiger partial charge in [0.05, 0.1) is 5.52 Å². The van der Waals surface area contributed by atoms with Crippen molar-refractivity contribution < 1.29 is 29.3 Å². The Labute approximate surface area is 306 Å². The first-order chi connectivity index (χ1) is 22.8. The molecule has 3 aromatic carbocycles. The van der Waals surface area contributed by atoms with E-state index in [1.165, 1.54) is 81.8 Å². The first-order valence-corrected chi connectivity index (χ1v) is 17.7. The molecule has 1 radical (unpaired) electrons. The molecule has 0 N–H and O–H groups in total. The van der Waals surface area contributed by atoms with Crippen molar-refractivity contribution in [3.05, 3.63) is 105 Å². The molecule has 2 aliphatic carbocycles. The van der Waals surface area contributed by atoms with E-state index in [0.717, 1.165) is 40.2 Å². The molecule has 4 nitrogen and oxygen atoms in total. The number of pyridine rings is 1. The van der Waals surface area contributed by atoms with Crippen LogP contribution in [0.4, 0.5) is 0 Å². The second-order valence-electron chi connectivity index (χ2n) is 15.1. The fourth-order valence-electron chi connectivity index (χ4n) is 8.16. The summed E-state index contributed by atoms with van der Waals surface area (Å²) in [6, 6.07) is 21.6. The molecule has 2 heterocycles. The normalized spacial score (nSPS) is 15.4. The van der Waals surface area contributed by atoms with E-state index < -0.39 is 0 Å². The molecule has 0 unspecified atom stereocenters. The molecule has 5 heteroatoms. The molecular formula is C44H50IrN2O2-2. The average Bonchev–Trinajstić information content (AvgIpc) is 3.49. The zero-order valence-corrected chi connectivity index (χ0v) is 33.0. The Morgan fingerprint density at radius 1 is 1.00 bits per heavy atom. The van der Waals surface area contributed by atoms with Crippen LogP contribution in [0.1, 0.15) is 107 Å². The Kier molecular flexibility index (Phi) is 11.1. The molecule has 0 saturated heterocycles. The molecule has 0 aliphatic heterocycles. The zero-order chi connectivity index (χ0) is 34.3. The van der Waals surface area contributed by atoms with Gasteiger partial charge in [0.25, 0.3) is 0 Å². The van der Waals surface area contributed by atoms with Crippen LogP contribution in [0.2, 0.25) is 0 Å². The summed E-state index contributed by atoms with van der Waals surface area (Å²) in [6.45, 7) is 19.2. The fourth-order valence-corrected chi connectivity index (χ4v) is 8.16. The Hall–Kier alpha value is -3.53. The summed E-state index contributed by atoms with van der Waals surface area (Å²) in [4.78, 5) is 15.9. The SMILES string of the molecule is CC(=O)/C=C(/C)[N-]C1CCCCC1.Cc1cc(C)c2c(C)cc(-c3[c-]ccc4c3C(C)(C)c3c-4oc4ccc(CC(C)C)cc34)nc2c1.[Ir]. The molecule has 0 bridgehead atoms. The van der Waals surface area contributed by atoms with Crippen LogP contribution in [0, 0.1) is 32.8 Å². The van der Waals surface area contributed by atoms with E-state index in [9.17, 15) is 4.79 Å². The van der Waals surface area contributed by atoms with Crippen molar-refractivity contribution in [2.45, 2.75) is 112 Å². The largest absolute Gasteiger partial charge is 0.685 e. The number of carbonyl (C=O) groups excluding carboxylic acids is 1. The number of nitrogens with zero attached hydrogens (tertiary/aromatic N) is 2. The minimum atomic E-state index is -0.216. The average molecular weight is 831 g/mol. The van der Waals surface area contributed by atoms with E-state index in [4.69, 9.17) is 9.40 Å². The first kappa shape index (κ1) is 36.7. The molecule has 0 amide bonds. The summed E-state index contributed by atoms with van der Waals surface area (Å²) >= 11 is 0. The number of allylic oxidation sites excluding steroid dienone is 2. The van der Waals surface area contributed by atoms with Crippen molar-refractivity contribution in [1.82, 2.24) is 4.98 Å². The monoisotopic (exact) mass is 831 g/mol. The summed E-state index contributed by atoms with van der Waals surface area (Å²) < 4.78 is 6.51.